The van der Waals surface area contributed by atoms with Gasteiger partial charge in [0.25, 0.3) is 0 Å². The summed E-state index contributed by atoms with van der Waals surface area (Å²) in [5.41, 5.74) is 1.45. The number of fused-ring (bicyclic) bond motifs is 1. The van der Waals surface area contributed by atoms with Crippen LogP contribution >= 0.6 is 23.1 Å². The van der Waals surface area contributed by atoms with E-state index in [0.29, 0.717) is 30.2 Å². The molecule has 0 radical (unpaired) electrons. The zero-order valence-corrected chi connectivity index (χ0v) is 18.0. The lowest BCUT2D eigenvalue weighted by molar-refractivity contribution is 0.0526. The molecule has 1 saturated carbocycles. The van der Waals surface area contributed by atoms with E-state index in [4.69, 9.17) is 4.74 Å². The van der Waals surface area contributed by atoms with Crippen LogP contribution in [0.1, 0.15) is 36.5 Å². The minimum atomic E-state index is -0.296. The number of carbonyl (C=O) groups is 1. The average molecular weight is 430 g/mol. The molecule has 2 N–H and O–H groups in total. The van der Waals surface area contributed by atoms with Crippen molar-refractivity contribution in [3.05, 3.63) is 36.2 Å². The van der Waals surface area contributed by atoms with Crippen LogP contribution in [0.2, 0.25) is 0 Å². The first-order valence-electron chi connectivity index (χ1n) is 9.61. The molecule has 0 aliphatic heterocycles. The van der Waals surface area contributed by atoms with E-state index in [1.54, 1.807) is 36.1 Å². The van der Waals surface area contributed by atoms with Gasteiger partial charge in [-0.3, -0.25) is 0 Å². The number of aromatic nitrogens is 3. The molecule has 1 fully saturated rings. The number of anilines is 2. The maximum Gasteiger partial charge on any atom is 0.338 e. The molecule has 1 aliphatic carbocycles. The number of esters is 1. The minimum Gasteiger partial charge on any atom is -0.462 e. The Bertz CT molecular complexity index is 992. The Labute approximate surface area is 177 Å². The molecule has 2 atom stereocenters. The smallest absolute Gasteiger partial charge is 0.338 e. The van der Waals surface area contributed by atoms with Crippen LogP contribution in [0, 0.1) is 0 Å². The Kier molecular flexibility index (Phi) is 6.15. The van der Waals surface area contributed by atoms with E-state index < -0.39 is 0 Å². The molecule has 4 rings (SSSR count). The second kappa shape index (κ2) is 8.96. The second-order valence-electron chi connectivity index (χ2n) is 6.86. The number of benzene rings is 1. The Hall–Kier alpha value is -2.39. The highest BCUT2D eigenvalue weighted by molar-refractivity contribution is 7.98. The number of hydrogen-bond donors (Lipinski definition) is 2. The maximum atomic E-state index is 11.9. The van der Waals surface area contributed by atoms with Crippen LogP contribution in [0.25, 0.3) is 10.2 Å². The predicted octanol–water partition coefficient (Wildman–Crippen LogP) is 4.43. The topological polar surface area (TPSA) is 89.0 Å². The summed E-state index contributed by atoms with van der Waals surface area (Å²) in [6.45, 7) is 2.18. The van der Waals surface area contributed by atoms with Gasteiger partial charge in [-0.2, -0.15) is 0 Å². The quantitative estimate of drug-likeness (QED) is 0.421. The normalized spacial score (nSPS) is 18.7. The van der Waals surface area contributed by atoms with Crippen molar-refractivity contribution in [1.82, 2.24) is 15.0 Å². The van der Waals surface area contributed by atoms with Crippen molar-refractivity contribution in [2.45, 2.75) is 43.2 Å². The van der Waals surface area contributed by atoms with Gasteiger partial charge in [-0.1, -0.05) is 11.3 Å². The number of thiazole rings is 1. The third-order valence-electron chi connectivity index (χ3n) is 4.86. The van der Waals surface area contributed by atoms with E-state index in [1.165, 1.54) is 0 Å². The molecule has 0 unspecified atom stereocenters. The fourth-order valence-corrected chi connectivity index (χ4v) is 4.72. The number of carbonyl (C=O) groups excluding carboxylic acids is 1. The minimum absolute atomic E-state index is 0.296. The van der Waals surface area contributed by atoms with E-state index >= 15 is 0 Å². The average Bonchev–Trinajstić information content (AvgIpc) is 3.34. The maximum absolute atomic E-state index is 11.9. The van der Waals surface area contributed by atoms with Crippen molar-refractivity contribution >= 4 is 50.4 Å². The molecule has 29 heavy (non-hydrogen) atoms. The number of hydrogen-bond acceptors (Lipinski definition) is 9. The summed E-state index contributed by atoms with van der Waals surface area (Å²) in [6, 6.07) is 6.19. The highest BCUT2D eigenvalue weighted by Gasteiger charge is 2.26. The van der Waals surface area contributed by atoms with Gasteiger partial charge in [-0.05, 0) is 50.6 Å². The molecular formula is C20H23N5O2S2. The Morgan fingerprint density at radius 2 is 2.00 bits per heavy atom. The van der Waals surface area contributed by atoms with E-state index in [2.05, 4.69) is 25.6 Å². The lowest BCUT2D eigenvalue weighted by Crippen LogP contribution is -2.21. The zero-order chi connectivity index (χ0) is 20.2. The van der Waals surface area contributed by atoms with Crippen molar-refractivity contribution < 1.29 is 9.53 Å². The molecule has 0 bridgehead atoms. The standard InChI is InChI=1S/C20H23N5O2S2/c1-3-27-18(26)12-4-7-16-17(8-12)29-20(25-16)24-14-6-5-13(9-14)23-19-21-10-15(28-2)11-22-19/h4,7-8,10-11,13-14H,3,5-6,9H2,1-2H3,(H,24,25)(H,21,22,23)/t13-,14-/m0/s1. The fraction of sp³-hybridized carbons (Fsp3) is 0.400. The summed E-state index contributed by atoms with van der Waals surface area (Å²) in [4.78, 5) is 26.4. The third kappa shape index (κ3) is 4.79. The zero-order valence-electron chi connectivity index (χ0n) is 16.3. The first-order chi connectivity index (χ1) is 14.1. The predicted molar refractivity (Wildman–Crippen MR) is 118 cm³/mol. The molecular weight excluding hydrogens is 406 g/mol. The summed E-state index contributed by atoms with van der Waals surface area (Å²) < 4.78 is 6.06. The molecule has 2 aromatic heterocycles. The molecule has 0 saturated heterocycles. The summed E-state index contributed by atoms with van der Waals surface area (Å²) in [6.07, 6.45) is 8.80. The number of ether oxygens (including phenoxy) is 1. The highest BCUT2D eigenvalue weighted by atomic mass is 32.2. The van der Waals surface area contributed by atoms with Crippen molar-refractivity contribution in [2.24, 2.45) is 0 Å². The van der Waals surface area contributed by atoms with Crippen LogP contribution in [0.5, 0.6) is 0 Å². The van der Waals surface area contributed by atoms with Gasteiger partial charge >= 0.3 is 5.97 Å². The van der Waals surface area contributed by atoms with Gasteiger partial charge in [-0.15, -0.1) is 11.8 Å². The number of nitrogens with zero attached hydrogens (tertiary/aromatic N) is 3. The van der Waals surface area contributed by atoms with E-state index in [1.807, 2.05) is 30.8 Å². The van der Waals surface area contributed by atoms with Crippen molar-refractivity contribution in [2.75, 3.05) is 23.5 Å². The van der Waals surface area contributed by atoms with Crippen LogP contribution in [-0.4, -0.2) is 45.9 Å². The Morgan fingerprint density at radius 3 is 2.72 bits per heavy atom. The van der Waals surface area contributed by atoms with Gasteiger partial charge in [0, 0.05) is 29.4 Å². The van der Waals surface area contributed by atoms with E-state index in [9.17, 15) is 4.79 Å². The van der Waals surface area contributed by atoms with Gasteiger partial charge < -0.3 is 15.4 Å². The SMILES string of the molecule is CCOC(=O)c1ccc2nc(N[C@H]3CC[C@H](Nc4ncc(SC)cn4)C3)sc2c1. The number of rotatable bonds is 7. The van der Waals surface area contributed by atoms with Crippen molar-refractivity contribution in [1.29, 1.82) is 0 Å². The monoisotopic (exact) mass is 429 g/mol. The summed E-state index contributed by atoms with van der Waals surface area (Å²) in [7, 11) is 0. The number of nitrogens with one attached hydrogen (secondary N) is 2. The first kappa shape index (κ1) is 19.9. The molecule has 9 heteroatoms. The van der Waals surface area contributed by atoms with Crippen molar-refractivity contribution in [3.8, 4) is 0 Å². The molecule has 0 amide bonds. The summed E-state index contributed by atoms with van der Waals surface area (Å²) in [5.74, 6) is 0.384. The van der Waals surface area contributed by atoms with Gasteiger partial charge in [0.15, 0.2) is 5.13 Å². The fourth-order valence-electron chi connectivity index (χ4n) is 3.42. The molecule has 3 aromatic rings. The van der Waals surface area contributed by atoms with Gasteiger partial charge in [0.05, 0.1) is 22.4 Å². The van der Waals surface area contributed by atoms with E-state index in [0.717, 1.165) is 39.5 Å². The molecule has 2 heterocycles. The molecule has 0 spiro atoms. The molecule has 1 aliphatic rings. The first-order valence-corrected chi connectivity index (χ1v) is 11.7. The third-order valence-corrected chi connectivity index (χ3v) is 6.49. The van der Waals surface area contributed by atoms with Crippen LogP contribution in [-0.2, 0) is 4.74 Å². The van der Waals surface area contributed by atoms with Crippen LogP contribution in [0.15, 0.2) is 35.5 Å². The molecule has 1 aromatic carbocycles. The lowest BCUT2D eigenvalue weighted by atomic mass is 10.2. The van der Waals surface area contributed by atoms with E-state index in [-0.39, 0.29) is 5.97 Å². The van der Waals surface area contributed by atoms with Crippen LogP contribution in [0.4, 0.5) is 11.1 Å². The van der Waals surface area contributed by atoms with Gasteiger partial charge in [0.2, 0.25) is 5.95 Å². The molecule has 152 valence electrons. The second-order valence-corrected chi connectivity index (χ2v) is 8.77. The number of thioether (sulfide) groups is 1. The van der Waals surface area contributed by atoms with Crippen LogP contribution < -0.4 is 10.6 Å². The lowest BCUT2D eigenvalue weighted by Gasteiger charge is -2.14. The van der Waals surface area contributed by atoms with Crippen LogP contribution in [0.3, 0.4) is 0 Å². The summed E-state index contributed by atoms with van der Waals surface area (Å²) in [5, 5.41) is 7.85. The largest absolute Gasteiger partial charge is 0.462 e. The summed E-state index contributed by atoms with van der Waals surface area (Å²) >= 11 is 3.20. The Morgan fingerprint density at radius 1 is 1.24 bits per heavy atom. The molecule has 7 nitrogen and oxygen atoms in total. The van der Waals surface area contributed by atoms with Crippen molar-refractivity contribution in [3.63, 3.8) is 0 Å². The van der Waals surface area contributed by atoms with Gasteiger partial charge in [0.1, 0.15) is 0 Å². The highest BCUT2D eigenvalue weighted by Crippen LogP contribution is 2.31. The Balaban J connectivity index is 1.36. The van der Waals surface area contributed by atoms with Gasteiger partial charge in [-0.25, -0.2) is 19.7 Å².